The van der Waals surface area contributed by atoms with Crippen LogP contribution in [0.25, 0.3) is 0 Å². The molecule has 0 unspecified atom stereocenters. The van der Waals surface area contributed by atoms with E-state index in [1.54, 1.807) is 0 Å². The number of aromatic nitrogens is 1. The molecule has 0 radical (unpaired) electrons. The molecule has 0 amide bonds. The molecule has 3 N–H and O–H groups in total. The quantitative estimate of drug-likeness (QED) is 0.714. The first-order valence-corrected chi connectivity index (χ1v) is 5.41. The Kier molecular flexibility index (Phi) is 3.75. The van der Waals surface area contributed by atoms with Crippen molar-refractivity contribution in [3.63, 3.8) is 0 Å². The summed E-state index contributed by atoms with van der Waals surface area (Å²) < 4.78 is 0. The third kappa shape index (κ3) is 2.72. The van der Waals surface area contributed by atoms with Crippen LogP contribution in [0, 0.1) is 0 Å². The van der Waals surface area contributed by atoms with Gasteiger partial charge in [-0.1, -0.05) is 30.3 Å². The van der Waals surface area contributed by atoms with Crippen LogP contribution >= 0.6 is 0 Å². The van der Waals surface area contributed by atoms with E-state index in [4.69, 9.17) is 0 Å². The van der Waals surface area contributed by atoms with Crippen LogP contribution in [0.1, 0.15) is 17.2 Å². The molecule has 0 saturated carbocycles. The first-order valence-electron chi connectivity index (χ1n) is 5.41. The number of nitrogens with one attached hydrogen (secondary N) is 2. The van der Waals surface area contributed by atoms with Gasteiger partial charge in [0.15, 0.2) is 0 Å². The van der Waals surface area contributed by atoms with Crippen LogP contribution in [0.2, 0.25) is 0 Å². The van der Waals surface area contributed by atoms with Crippen LogP contribution in [-0.4, -0.2) is 16.7 Å². The number of rotatable bonds is 5. The fourth-order valence-electron chi connectivity index (χ4n) is 1.68. The van der Waals surface area contributed by atoms with Gasteiger partial charge in [0.05, 0.1) is 12.6 Å². The van der Waals surface area contributed by atoms with Gasteiger partial charge in [0, 0.05) is 18.9 Å². The summed E-state index contributed by atoms with van der Waals surface area (Å²) in [5, 5.41) is 12.7. The molecule has 0 aliphatic heterocycles. The third-order valence-electron chi connectivity index (χ3n) is 2.60. The van der Waals surface area contributed by atoms with E-state index >= 15 is 0 Å². The summed E-state index contributed by atoms with van der Waals surface area (Å²) in [6, 6.07) is 12.0. The van der Waals surface area contributed by atoms with Gasteiger partial charge in [-0.05, 0) is 17.2 Å². The lowest BCUT2D eigenvalue weighted by molar-refractivity contribution is 0.243. The van der Waals surface area contributed by atoms with Crippen molar-refractivity contribution in [2.75, 3.05) is 6.61 Å². The van der Waals surface area contributed by atoms with Gasteiger partial charge in [-0.2, -0.15) is 0 Å². The maximum Gasteiger partial charge on any atom is 0.0626 e. The van der Waals surface area contributed by atoms with Crippen molar-refractivity contribution < 1.29 is 5.11 Å². The molecule has 2 aromatic rings. The zero-order valence-electron chi connectivity index (χ0n) is 9.06. The van der Waals surface area contributed by atoms with Gasteiger partial charge in [0.1, 0.15) is 0 Å². The van der Waals surface area contributed by atoms with Crippen molar-refractivity contribution in [3.05, 3.63) is 59.9 Å². The summed E-state index contributed by atoms with van der Waals surface area (Å²) in [5.74, 6) is 0. The summed E-state index contributed by atoms with van der Waals surface area (Å²) in [7, 11) is 0. The lowest BCUT2D eigenvalue weighted by atomic mass is 10.1. The largest absolute Gasteiger partial charge is 0.394 e. The first kappa shape index (κ1) is 10.9. The van der Waals surface area contributed by atoms with Crippen molar-refractivity contribution in [1.82, 2.24) is 10.3 Å². The second kappa shape index (κ2) is 5.49. The Morgan fingerprint density at radius 3 is 2.62 bits per heavy atom. The summed E-state index contributed by atoms with van der Waals surface area (Å²) in [5.41, 5.74) is 2.30. The number of hydrogen-bond acceptors (Lipinski definition) is 2. The molecule has 0 spiro atoms. The molecule has 3 heteroatoms. The van der Waals surface area contributed by atoms with Crippen molar-refractivity contribution in [2.24, 2.45) is 0 Å². The molecule has 3 nitrogen and oxygen atoms in total. The van der Waals surface area contributed by atoms with E-state index in [9.17, 15) is 5.11 Å². The summed E-state index contributed by atoms with van der Waals surface area (Å²) in [4.78, 5) is 3.01. The van der Waals surface area contributed by atoms with Crippen LogP contribution < -0.4 is 5.32 Å². The Labute approximate surface area is 95.1 Å². The first-order chi connectivity index (χ1) is 7.90. The van der Waals surface area contributed by atoms with Crippen molar-refractivity contribution >= 4 is 0 Å². The molecule has 0 bridgehead atoms. The average Bonchev–Trinajstić information content (AvgIpc) is 2.84. The standard InChI is InChI=1S/C13H16N2O/c16-10-13(12-4-2-1-3-5-12)15-9-11-6-7-14-8-11/h1-8,13-16H,9-10H2/t13-/m0/s1. The van der Waals surface area contributed by atoms with Crippen LogP contribution in [0.3, 0.4) is 0 Å². The number of aromatic amines is 1. The van der Waals surface area contributed by atoms with Gasteiger partial charge in [-0.3, -0.25) is 0 Å². The highest BCUT2D eigenvalue weighted by Gasteiger charge is 2.08. The maximum absolute atomic E-state index is 9.34. The molecule has 1 aromatic heterocycles. The van der Waals surface area contributed by atoms with Crippen molar-refractivity contribution in [3.8, 4) is 0 Å². The Morgan fingerprint density at radius 1 is 1.19 bits per heavy atom. The van der Waals surface area contributed by atoms with Gasteiger partial charge >= 0.3 is 0 Å². The lowest BCUT2D eigenvalue weighted by Crippen LogP contribution is -2.23. The van der Waals surface area contributed by atoms with E-state index in [-0.39, 0.29) is 12.6 Å². The van der Waals surface area contributed by atoms with Gasteiger partial charge in [0.2, 0.25) is 0 Å². The van der Waals surface area contributed by atoms with Crippen LogP contribution in [0.15, 0.2) is 48.8 Å². The zero-order chi connectivity index (χ0) is 11.2. The van der Waals surface area contributed by atoms with Gasteiger partial charge in [-0.25, -0.2) is 0 Å². The van der Waals surface area contributed by atoms with Gasteiger partial charge < -0.3 is 15.4 Å². The minimum absolute atomic E-state index is 0.00361. The van der Waals surface area contributed by atoms with E-state index in [0.717, 1.165) is 12.1 Å². The molecule has 0 fully saturated rings. The van der Waals surface area contributed by atoms with E-state index in [0.29, 0.717) is 0 Å². The fraction of sp³-hybridized carbons (Fsp3) is 0.231. The molecule has 16 heavy (non-hydrogen) atoms. The number of aliphatic hydroxyl groups is 1. The van der Waals surface area contributed by atoms with E-state index in [1.807, 2.05) is 48.8 Å². The van der Waals surface area contributed by atoms with Crippen molar-refractivity contribution in [2.45, 2.75) is 12.6 Å². The molecular weight excluding hydrogens is 200 g/mol. The topological polar surface area (TPSA) is 48.0 Å². The van der Waals surface area contributed by atoms with E-state index in [1.165, 1.54) is 5.56 Å². The zero-order valence-corrected chi connectivity index (χ0v) is 9.06. The van der Waals surface area contributed by atoms with Crippen LogP contribution in [0.5, 0.6) is 0 Å². The molecule has 0 aliphatic rings. The van der Waals surface area contributed by atoms with Gasteiger partial charge in [-0.15, -0.1) is 0 Å². The predicted molar refractivity (Wildman–Crippen MR) is 63.9 cm³/mol. The Balaban J connectivity index is 1.96. The Hall–Kier alpha value is -1.58. The molecule has 1 aromatic carbocycles. The highest BCUT2D eigenvalue weighted by molar-refractivity contribution is 5.19. The highest BCUT2D eigenvalue weighted by atomic mass is 16.3. The predicted octanol–water partition coefficient (Wildman–Crippen LogP) is 1.84. The van der Waals surface area contributed by atoms with Crippen LogP contribution in [0.4, 0.5) is 0 Å². The van der Waals surface area contributed by atoms with E-state index < -0.39 is 0 Å². The molecule has 84 valence electrons. The average molecular weight is 216 g/mol. The second-order valence-corrected chi connectivity index (χ2v) is 3.75. The van der Waals surface area contributed by atoms with Crippen molar-refractivity contribution in [1.29, 1.82) is 0 Å². The van der Waals surface area contributed by atoms with E-state index in [2.05, 4.69) is 10.3 Å². The molecule has 2 rings (SSSR count). The minimum Gasteiger partial charge on any atom is -0.394 e. The monoisotopic (exact) mass is 216 g/mol. The SMILES string of the molecule is OC[C@H](NCc1cc[nH]c1)c1ccccc1. The number of aliphatic hydroxyl groups excluding tert-OH is 1. The maximum atomic E-state index is 9.34. The summed E-state index contributed by atoms with van der Waals surface area (Å²) >= 11 is 0. The Morgan fingerprint density at radius 2 is 2.00 bits per heavy atom. The fourth-order valence-corrected chi connectivity index (χ4v) is 1.68. The summed E-state index contributed by atoms with van der Waals surface area (Å²) in [6.45, 7) is 0.859. The molecular formula is C13H16N2O. The number of benzene rings is 1. The minimum atomic E-state index is -0.00361. The summed E-state index contributed by atoms with van der Waals surface area (Å²) in [6.07, 6.45) is 3.85. The molecule has 0 saturated heterocycles. The molecule has 1 atom stereocenters. The highest BCUT2D eigenvalue weighted by Crippen LogP contribution is 2.12. The lowest BCUT2D eigenvalue weighted by Gasteiger charge is -2.16. The van der Waals surface area contributed by atoms with Gasteiger partial charge in [0.25, 0.3) is 0 Å². The number of H-pyrrole nitrogens is 1. The smallest absolute Gasteiger partial charge is 0.0626 e. The Bertz CT molecular complexity index is 397. The normalized spacial score (nSPS) is 12.6. The second-order valence-electron chi connectivity index (χ2n) is 3.75. The molecule has 1 heterocycles. The number of hydrogen-bond donors (Lipinski definition) is 3. The van der Waals surface area contributed by atoms with Crippen LogP contribution in [-0.2, 0) is 6.54 Å². The molecule has 0 aliphatic carbocycles. The third-order valence-corrected chi connectivity index (χ3v) is 2.60.